The smallest absolute Gasteiger partial charge is 0.309 e. The van der Waals surface area contributed by atoms with Gasteiger partial charge in [0, 0.05) is 11.3 Å². The molecule has 1 aliphatic rings. The highest BCUT2D eigenvalue weighted by molar-refractivity contribution is 7.71. The Kier molecular flexibility index (Phi) is 2.91. The second-order valence-corrected chi connectivity index (χ2v) is 4.24. The van der Waals surface area contributed by atoms with Gasteiger partial charge in [0.2, 0.25) is 0 Å². The van der Waals surface area contributed by atoms with Crippen molar-refractivity contribution in [3.05, 3.63) is 26.4 Å². The Labute approximate surface area is 96.8 Å². The fourth-order valence-corrected chi connectivity index (χ4v) is 2.24. The van der Waals surface area contributed by atoms with Gasteiger partial charge in [-0.1, -0.05) is 0 Å². The van der Waals surface area contributed by atoms with Crippen LogP contribution in [0.4, 0.5) is 0 Å². The molecule has 0 bridgehead atoms. The van der Waals surface area contributed by atoms with Gasteiger partial charge in [-0.15, -0.1) is 0 Å². The van der Waals surface area contributed by atoms with Crippen molar-refractivity contribution >= 4 is 18.2 Å². The molecule has 2 N–H and O–H groups in total. The minimum absolute atomic E-state index is 0.202. The molecule has 0 fully saturated rings. The van der Waals surface area contributed by atoms with Crippen molar-refractivity contribution in [2.24, 2.45) is 5.92 Å². The summed E-state index contributed by atoms with van der Waals surface area (Å²) < 4.78 is 5.02. The molecule has 16 heavy (non-hydrogen) atoms. The first-order chi connectivity index (χ1) is 7.61. The zero-order chi connectivity index (χ0) is 11.7. The fraction of sp³-hybridized carbons (Fsp3) is 0.500. The van der Waals surface area contributed by atoms with Crippen LogP contribution in [0.25, 0.3) is 0 Å². The van der Waals surface area contributed by atoms with Gasteiger partial charge < -0.3 is 9.72 Å². The maximum absolute atomic E-state index is 11.6. The zero-order valence-corrected chi connectivity index (χ0v) is 9.65. The predicted octanol–water partition coefficient (Wildman–Crippen LogP) is 0.710. The van der Waals surface area contributed by atoms with E-state index >= 15 is 0 Å². The molecule has 1 atom stereocenters. The van der Waals surface area contributed by atoms with Crippen LogP contribution in [0.1, 0.15) is 17.7 Å². The Bertz CT molecular complexity index is 532. The Morgan fingerprint density at radius 3 is 2.94 bits per heavy atom. The third-order valence-electron chi connectivity index (χ3n) is 2.86. The molecule has 2 rings (SSSR count). The lowest BCUT2D eigenvalue weighted by atomic mass is 9.87. The molecule has 1 aromatic heterocycles. The van der Waals surface area contributed by atoms with Crippen molar-refractivity contribution in [2.75, 3.05) is 7.11 Å². The van der Waals surface area contributed by atoms with E-state index in [4.69, 9.17) is 12.2 Å². The number of aryl methyl sites for hydroxylation is 1. The van der Waals surface area contributed by atoms with Gasteiger partial charge in [0.1, 0.15) is 0 Å². The fourth-order valence-electron chi connectivity index (χ4n) is 2.02. The molecule has 0 radical (unpaired) electrons. The number of methoxy groups -OCH3 is 1. The number of aromatic nitrogens is 2. The highest BCUT2D eigenvalue weighted by Gasteiger charge is 2.27. The van der Waals surface area contributed by atoms with E-state index < -0.39 is 0 Å². The summed E-state index contributed by atoms with van der Waals surface area (Å²) in [7, 11) is 1.36. The summed E-state index contributed by atoms with van der Waals surface area (Å²) in [6.45, 7) is 0. The normalized spacial score (nSPS) is 18.9. The number of hydrogen-bond acceptors (Lipinski definition) is 4. The van der Waals surface area contributed by atoms with Crippen LogP contribution < -0.4 is 5.56 Å². The van der Waals surface area contributed by atoms with Gasteiger partial charge in [0.15, 0.2) is 4.77 Å². The zero-order valence-electron chi connectivity index (χ0n) is 8.83. The topological polar surface area (TPSA) is 75.0 Å². The van der Waals surface area contributed by atoms with Crippen LogP contribution in [0.5, 0.6) is 0 Å². The van der Waals surface area contributed by atoms with E-state index in [0.717, 1.165) is 5.69 Å². The number of carbonyl (C=O) groups is 1. The van der Waals surface area contributed by atoms with Crippen molar-refractivity contribution < 1.29 is 9.53 Å². The third-order valence-corrected chi connectivity index (χ3v) is 3.06. The molecule has 0 saturated heterocycles. The van der Waals surface area contributed by atoms with Gasteiger partial charge in [0.05, 0.1) is 13.0 Å². The van der Waals surface area contributed by atoms with E-state index in [9.17, 15) is 9.59 Å². The van der Waals surface area contributed by atoms with Gasteiger partial charge in [-0.3, -0.25) is 14.6 Å². The molecular weight excluding hydrogens is 228 g/mol. The second-order valence-electron chi connectivity index (χ2n) is 3.83. The average molecular weight is 240 g/mol. The van der Waals surface area contributed by atoms with Crippen molar-refractivity contribution in [1.29, 1.82) is 0 Å². The van der Waals surface area contributed by atoms with E-state index in [-0.39, 0.29) is 17.4 Å². The summed E-state index contributed by atoms with van der Waals surface area (Å²) >= 11 is 4.89. The molecule has 0 amide bonds. The summed E-state index contributed by atoms with van der Waals surface area (Å²) in [5.41, 5.74) is 1.26. The molecule has 1 aliphatic carbocycles. The number of nitrogens with one attached hydrogen (secondary N) is 2. The van der Waals surface area contributed by atoms with E-state index in [1.165, 1.54) is 7.11 Å². The molecule has 0 spiro atoms. The molecule has 0 aromatic carbocycles. The first-order valence-electron chi connectivity index (χ1n) is 5.04. The highest BCUT2D eigenvalue weighted by atomic mass is 32.1. The molecule has 6 heteroatoms. The van der Waals surface area contributed by atoms with Gasteiger partial charge in [-0.2, -0.15) is 0 Å². The lowest BCUT2D eigenvalue weighted by molar-refractivity contribution is -0.145. The van der Waals surface area contributed by atoms with Crippen LogP contribution in [0, 0.1) is 10.7 Å². The lowest BCUT2D eigenvalue weighted by Crippen LogP contribution is -2.30. The minimum Gasteiger partial charge on any atom is -0.469 e. The predicted molar refractivity (Wildman–Crippen MR) is 59.8 cm³/mol. The number of aromatic amines is 2. The number of hydrogen-bond donors (Lipinski definition) is 2. The van der Waals surface area contributed by atoms with E-state index in [0.29, 0.717) is 29.6 Å². The highest BCUT2D eigenvalue weighted by Crippen LogP contribution is 2.22. The maximum Gasteiger partial charge on any atom is 0.309 e. The number of ether oxygens (including phenoxy) is 1. The van der Waals surface area contributed by atoms with Gasteiger partial charge >= 0.3 is 5.97 Å². The Morgan fingerprint density at radius 1 is 1.50 bits per heavy atom. The summed E-state index contributed by atoms with van der Waals surface area (Å²) in [5, 5.41) is 0. The van der Waals surface area contributed by atoms with Crippen molar-refractivity contribution in [1.82, 2.24) is 9.97 Å². The number of esters is 1. The number of fused-ring (bicyclic) bond motifs is 1. The number of rotatable bonds is 1. The third kappa shape index (κ3) is 1.92. The molecule has 0 saturated carbocycles. The quantitative estimate of drug-likeness (QED) is 0.560. The van der Waals surface area contributed by atoms with E-state index in [1.54, 1.807) is 0 Å². The SMILES string of the molecule is COC(=O)C1CCc2[nH]c(=S)[nH]c(=O)c2C1. The van der Waals surface area contributed by atoms with Crippen LogP contribution in [0.3, 0.4) is 0 Å². The number of H-pyrrole nitrogens is 2. The average Bonchev–Trinajstić information content (AvgIpc) is 2.27. The van der Waals surface area contributed by atoms with Gasteiger partial charge in [-0.05, 0) is 31.5 Å². The van der Waals surface area contributed by atoms with Crippen LogP contribution in [0.2, 0.25) is 0 Å². The van der Waals surface area contributed by atoms with Crippen LogP contribution in [-0.4, -0.2) is 23.0 Å². The number of carbonyl (C=O) groups excluding carboxylic acids is 1. The van der Waals surface area contributed by atoms with Crippen molar-refractivity contribution in [3.63, 3.8) is 0 Å². The molecule has 1 aromatic rings. The molecule has 86 valence electrons. The summed E-state index contributed by atoms with van der Waals surface area (Å²) in [6, 6.07) is 0. The molecule has 1 unspecified atom stereocenters. The first kappa shape index (κ1) is 11.1. The summed E-state index contributed by atoms with van der Waals surface area (Å²) in [4.78, 5) is 28.5. The Balaban J connectivity index is 2.37. The molecule has 0 aliphatic heterocycles. The van der Waals surface area contributed by atoms with E-state index in [2.05, 4.69) is 14.7 Å². The molecule has 5 nitrogen and oxygen atoms in total. The van der Waals surface area contributed by atoms with Gasteiger partial charge in [0.25, 0.3) is 5.56 Å². The Hall–Kier alpha value is -1.43. The monoisotopic (exact) mass is 240 g/mol. The summed E-state index contributed by atoms with van der Waals surface area (Å²) in [6.07, 6.45) is 1.76. The molecular formula is C10H12N2O3S. The minimum atomic E-state index is -0.257. The van der Waals surface area contributed by atoms with Crippen molar-refractivity contribution in [2.45, 2.75) is 19.3 Å². The maximum atomic E-state index is 11.6. The van der Waals surface area contributed by atoms with Crippen molar-refractivity contribution in [3.8, 4) is 0 Å². The first-order valence-corrected chi connectivity index (χ1v) is 5.45. The largest absolute Gasteiger partial charge is 0.469 e. The van der Waals surface area contributed by atoms with Gasteiger partial charge in [-0.25, -0.2) is 0 Å². The molecule has 1 heterocycles. The second kappa shape index (κ2) is 4.21. The van der Waals surface area contributed by atoms with E-state index in [1.807, 2.05) is 0 Å². The Morgan fingerprint density at radius 2 is 2.25 bits per heavy atom. The summed E-state index contributed by atoms with van der Waals surface area (Å²) in [5.74, 6) is -0.476. The lowest BCUT2D eigenvalue weighted by Gasteiger charge is -2.21. The standard InChI is InChI=1S/C10H12N2O3S/c1-15-9(14)5-2-3-7-6(4-5)8(13)12-10(16)11-7/h5H,2-4H2,1H3,(H2,11,12,13,16). The van der Waals surface area contributed by atoms with Crippen LogP contribution in [-0.2, 0) is 22.4 Å². The van der Waals surface area contributed by atoms with Crippen LogP contribution >= 0.6 is 12.2 Å². The van der Waals surface area contributed by atoms with Crippen LogP contribution in [0.15, 0.2) is 4.79 Å².